The van der Waals surface area contributed by atoms with Gasteiger partial charge in [0.15, 0.2) is 0 Å². The Morgan fingerprint density at radius 1 is 1.36 bits per heavy atom. The fourth-order valence-electron chi connectivity index (χ4n) is 2.49. The van der Waals surface area contributed by atoms with Crippen molar-refractivity contribution in [3.63, 3.8) is 0 Å². The Morgan fingerprint density at radius 3 is 2.82 bits per heavy atom. The van der Waals surface area contributed by atoms with Crippen LogP contribution < -0.4 is 0 Å². The second-order valence-electron chi connectivity index (χ2n) is 4.94. The highest BCUT2D eigenvalue weighted by atomic mass is 35.5. The average Bonchev–Trinajstić information content (AvgIpc) is 3.08. The van der Waals surface area contributed by atoms with Gasteiger partial charge in [0.2, 0.25) is 0 Å². The van der Waals surface area contributed by atoms with Gasteiger partial charge in [-0.2, -0.15) is 10.4 Å². The van der Waals surface area contributed by atoms with Crippen LogP contribution in [0.25, 0.3) is 11.1 Å². The molecule has 0 saturated heterocycles. The minimum atomic E-state index is 0.464. The summed E-state index contributed by atoms with van der Waals surface area (Å²) in [6, 6.07) is 7.56. The van der Waals surface area contributed by atoms with Crippen LogP contribution in [0.3, 0.4) is 0 Å². The Bertz CT molecular complexity index is 859. The van der Waals surface area contributed by atoms with Gasteiger partial charge in [-0.05, 0) is 31.5 Å². The van der Waals surface area contributed by atoms with Gasteiger partial charge in [0.05, 0.1) is 22.8 Å². The fourth-order valence-corrected chi connectivity index (χ4v) is 3.31. The number of nitriles is 1. The number of hydrogen-bond acceptors (Lipinski definition) is 4. The fraction of sp³-hybridized carbons (Fsp3) is 0.188. The quantitative estimate of drug-likeness (QED) is 0.724. The summed E-state index contributed by atoms with van der Waals surface area (Å²) in [5.74, 6) is 0. The standard InChI is InChI=1S/C16H13ClN4S/c1-10-16(12-3-4-13(8-18)14(17)7-12)11(2)21(20-10)9-15-19-5-6-22-15/h3-7H,9H2,1-2H3. The van der Waals surface area contributed by atoms with E-state index in [1.54, 1.807) is 23.6 Å². The summed E-state index contributed by atoms with van der Waals surface area (Å²) in [4.78, 5) is 4.30. The van der Waals surface area contributed by atoms with E-state index in [9.17, 15) is 0 Å². The maximum absolute atomic E-state index is 8.98. The molecule has 0 saturated carbocycles. The number of aromatic nitrogens is 3. The maximum Gasteiger partial charge on any atom is 0.114 e. The molecule has 0 fully saturated rings. The number of benzene rings is 1. The second kappa shape index (κ2) is 5.91. The van der Waals surface area contributed by atoms with Gasteiger partial charge < -0.3 is 0 Å². The molecule has 0 aliphatic carbocycles. The lowest BCUT2D eigenvalue weighted by molar-refractivity contribution is 0.656. The summed E-state index contributed by atoms with van der Waals surface area (Å²) < 4.78 is 1.95. The number of thiazole rings is 1. The molecule has 0 aliphatic heterocycles. The van der Waals surface area contributed by atoms with Crippen molar-refractivity contribution < 1.29 is 0 Å². The first-order valence-electron chi connectivity index (χ1n) is 6.72. The number of rotatable bonds is 3. The number of hydrogen-bond donors (Lipinski definition) is 0. The van der Waals surface area contributed by atoms with Gasteiger partial charge in [0.1, 0.15) is 11.1 Å². The van der Waals surface area contributed by atoms with E-state index in [-0.39, 0.29) is 0 Å². The van der Waals surface area contributed by atoms with Crippen molar-refractivity contribution in [1.82, 2.24) is 14.8 Å². The van der Waals surface area contributed by atoms with Crippen molar-refractivity contribution in [3.05, 3.63) is 56.8 Å². The van der Waals surface area contributed by atoms with Crippen molar-refractivity contribution in [2.75, 3.05) is 0 Å². The monoisotopic (exact) mass is 328 g/mol. The summed E-state index contributed by atoms with van der Waals surface area (Å²) in [6.45, 7) is 4.68. The summed E-state index contributed by atoms with van der Waals surface area (Å²) in [5, 5.41) is 17.0. The zero-order chi connectivity index (χ0) is 15.7. The maximum atomic E-state index is 8.98. The highest BCUT2D eigenvalue weighted by molar-refractivity contribution is 7.09. The van der Waals surface area contributed by atoms with Gasteiger partial charge in [0.25, 0.3) is 0 Å². The molecule has 0 spiro atoms. The van der Waals surface area contributed by atoms with Crippen LogP contribution in [0.1, 0.15) is 22.0 Å². The van der Waals surface area contributed by atoms with Gasteiger partial charge in [-0.25, -0.2) is 4.98 Å². The Balaban J connectivity index is 2.03. The minimum Gasteiger partial charge on any atom is -0.262 e. The Kier molecular flexibility index (Phi) is 3.97. The van der Waals surface area contributed by atoms with Crippen LogP contribution in [0.2, 0.25) is 5.02 Å². The van der Waals surface area contributed by atoms with Crippen LogP contribution in [-0.4, -0.2) is 14.8 Å². The molecule has 3 aromatic rings. The molecule has 0 atom stereocenters. The molecule has 0 unspecified atom stereocenters. The number of halogens is 1. The topological polar surface area (TPSA) is 54.5 Å². The molecule has 0 N–H and O–H groups in total. The van der Waals surface area contributed by atoms with Crippen molar-refractivity contribution >= 4 is 22.9 Å². The summed E-state index contributed by atoms with van der Waals surface area (Å²) in [5.41, 5.74) is 4.52. The van der Waals surface area contributed by atoms with Crippen LogP contribution in [0.5, 0.6) is 0 Å². The van der Waals surface area contributed by atoms with Crippen molar-refractivity contribution in [3.8, 4) is 17.2 Å². The van der Waals surface area contributed by atoms with Crippen LogP contribution in [0.4, 0.5) is 0 Å². The summed E-state index contributed by atoms with van der Waals surface area (Å²) in [6.07, 6.45) is 1.80. The molecule has 22 heavy (non-hydrogen) atoms. The zero-order valence-corrected chi connectivity index (χ0v) is 13.7. The highest BCUT2D eigenvalue weighted by Crippen LogP contribution is 2.30. The van der Waals surface area contributed by atoms with E-state index in [2.05, 4.69) is 16.2 Å². The molecule has 1 aromatic carbocycles. The average molecular weight is 329 g/mol. The van der Waals surface area contributed by atoms with Gasteiger partial charge in [-0.1, -0.05) is 17.7 Å². The van der Waals surface area contributed by atoms with Crippen LogP contribution in [0.15, 0.2) is 29.8 Å². The molecule has 0 bridgehead atoms. The molecule has 4 nitrogen and oxygen atoms in total. The Morgan fingerprint density at radius 2 is 2.18 bits per heavy atom. The molecule has 2 aromatic heterocycles. The summed E-state index contributed by atoms with van der Waals surface area (Å²) in [7, 11) is 0. The first-order valence-corrected chi connectivity index (χ1v) is 7.98. The first kappa shape index (κ1) is 14.8. The van der Waals surface area contributed by atoms with E-state index in [1.165, 1.54) is 0 Å². The molecular formula is C16H13ClN4S. The third kappa shape index (κ3) is 2.63. The van der Waals surface area contributed by atoms with E-state index < -0.39 is 0 Å². The van der Waals surface area contributed by atoms with Crippen LogP contribution in [0, 0.1) is 25.2 Å². The number of nitrogens with zero attached hydrogens (tertiary/aromatic N) is 4. The third-order valence-electron chi connectivity index (χ3n) is 3.53. The Hall–Kier alpha value is -2.16. The van der Waals surface area contributed by atoms with Crippen molar-refractivity contribution in [2.45, 2.75) is 20.4 Å². The molecule has 110 valence electrons. The zero-order valence-electron chi connectivity index (χ0n) is 12.2. The van der Waals surface area contributed by atoms with Gasteiger partial charge in [0, 0.05) is 22.8 Å². The molecule has 0 amide bonds. The predicted octanol–water partition coefficient (Wildman–Crippen LogP) is 4.20. The van der Waals surface area contributed by atoms with E-state index >= 15 is 0 Å². The highest BCUT2D eigenvalue weighted by Gasteiger charge is 2.15. The van der Waals surface area contributed by atoms with Crippen molar-refractivity contribution in [1.29, 1.82) is 5.26 Å². The Labute approximate surface area is 137 Å². The molecule has 3 rings (SSSR count). The molecule has 2 heterocycles. The van der Waals surface area contributed by atoms with Gasteiger partial charge in [-0.3, -0.25) is 4.68 Å². The normalized spacial score (nSPS) is 10.6. The summed E-state index contributed by atoms with van der Waals surface area (Å²) >= 11 is 7.76. The SMILES string of the molecule is Cc1nn(Cc2nccs2)c(C)c1-c1ccc(C#N)c(Cl)c1. The second-order valence-corrected chi connectivity index (χ2v) is 6.32. The van der Waals surface area contributed by atoms with Gasteiger partial charge in [-0.15, -0.1) is 11.3 Å². The van der Waals surface area contributed by atoms with E-state index in [1.807, 2.05) is 36.0 Å². The van der Waals surface area contributed by atoms with Gasteiger partial charge >= 0.3 is 0 Å². The smallest absolute Gasteiger partial charge is 0.114 e. The first-order chi connectivity index (χ1) is 10.6. The largest absolute Gasteiger partial charge is 0.262 e. The molecule has 0 aliphatic rings. The van der Waals surface area contributed by atoms with E-state index in [0.29, 0.717) is 17.1 Å². The third-order valence-corrected chi connectivity index (χ3v) is 4.61. The predicted molar refractivity (Wildman–Crippen MR) is 88.1 cm³/mol. The molecule has 6 heteroatoms. The molecule has 0 radical (unpaired) electrons. The van der Waals surface area contributed by atoms with E-state index in [0.717, 1.165) is 27.5 Å². The van der Waals surface area contributed by atoms with E-state index in [4.69, 9.17) is 16.9 Å². The lowest BCUT2D eigenvalue weighted by atomic mass is 10.0. The van der Waals surface area contributed by atoms with Crippen LogP contribution in [-0.2, 0) is 6.54 Å². The number of aryl methyl sites for hydroxylation is 1. The lowest BCUT2D eigenvalue weighted by Gasteiger charge is -2.05. The van der Waals surface area contributed by atoms with Crippen molar-refractivity contribution in [2.24, 2.45) is 0 Å². The lowest BCUT2D eigenvalue weighted by Crippen LogP contribution is -2.03. The molecular weight excluding hydrogens is 316 g/mol. The minimum absolute atomic E-state index is 0.464. The van der Waals surface area contributed by atoms with Crippen LogP contribution >= 0.6 is 22.9 Å².